The second-order valence-electron chi connectivity index (χ2n) is 15.2. The summed E-state index contributed by atoms with van der Waals surface area (Å²) in [4.78, 5) is 56.4. The van der Waals surface area contributed by atoms with E-state index >= 15 is 4.79 Å². The number of benzene rings is 1. The molecule has 1 aliphatic heterocycles. The van der Waals surface area contributed by atoms with Crippen LogP contribution in [0.15, 0.2) is 41.5 Å². The molecule has 4 aliphatic carbocycles. The van der Waals surface area contributed by atoms with Crippen molar-refractivity contribution in [2.75, 3.05) is 12.8 Å². The highest BCUT2D eigenvalue weighted by atomic mass is 32.2. The van der Waals surface area contributed by atoms with Crippen LogP contribution in [0.5, 0.6) is 0 Å². The monoisotopic (exact) mass is 669 g/mol. The lowest BCUT2D eigenvalue weighted by atomic mass is 9.43. The summed E-state index contributed by atoms with van der Waals surface area (Å²) in [5, 5.41) is 0. The molecule has 3 saturated carbocycles. The molecule has 256 valence electrons. The highest BCUT2D eigenvalue weighted by molar-refractivity contribution is 7.93. The largest absolute Gasteiger partial charge is 0.455 e. The standard InChI is InChI=1S/C37H48O9S/c1-20-18-37(46-47-8)31(44-32(40)24-13-10-9-11-14-24)29-35(7,30(39)28(43-23(4)38)27(22(20)3)34(37,5)6)21(2)17-26-36(29,19-42-26)45-33(41)25-15-12-16-25/h9-11,13-14,20-21,25-26,28-29,31H,12,15-19H2,1-8H3/t20-,21-,26+,28+,29?,31-,35+,36-,37+/m0/s1/i8D. The van der Waals surface area contributed by atoms with Crippen molar-refractivity contribution in [1.82, 2.24) is 0 Å². The lowest BCUT2D eigenvalue weighted by Gasteiger charge is -2.68. The minimum Gasteiger partial charge on any atom is -0.455 e. The van der Waals surface area contributed by atoms with Gasteiger partial charge in [0.05, 0.1) is 24.0 Å². The zero-order chi connectivity index (χ0) is 34.8. The van der Waals surface area contributed by atoms with E-state index in [2.05, 4.69) is 0 Å². The molecule has 5 aliphatic rings. The first-order chi connectivity index (χ1) is 22.7. The van der Waals surface area contributed by atoms with E-state index < -0.39 is 58.2 Å². The zero-order valence-electron chi connectivity index (χ0n) is 29.5. The predicted octanol–water partition coefficient (Wildman–Crippen LogP) is 6.29. The molecule has 47 heavy (non-hydrogen) atoms. The molecule has 1 heterocycles. The normalized spacial score (nSPS) is 39.5. The number of allylic oxidation sites excluding steroid dienone is 1. The molecule has 9 atom stereocenters. The van der Waals surface area contributed by atoms with Crippen molar-refractivity contribution in [3.05, 3.63) is 47.0 Å². The van der Waals surface area contributed by atoms with Gasteiger partial charge in [-0.05, 0) is 74.2 Å². The number of ether oxygens (including phenoxy) is 4. The van der Waals surface area contributed by atoms with Gasteiger partial charge in [-0.2, -0.15) is 0 Å². The van der Waals surface area contributed by atoms with Gasteiger partial charge in [-0.3, -0.25) is 14.4 Å². The lowest BCUT2D eigenvalue weighted by molar-refractivity contribution is -0.339. The van der Waals surface area contributed by atoms with Crippen LogP contribution in [-0.2, 0) is 37.5 Å². The molecular weight excluding hydrogens is 620 g/mol. The first-order valence-electron chi connectivity index (χ1n) is 17.5. The summed E-state index contributed by atoms with van der Waals surface area (Å²) in [5.74, 6) is -3.58. The maximum atomic E-state index is 15.5. The van der Waals surface area contributed by atoms with Crippen molar-refractivity contribution >= 4 is 35.7 Å². The molecular formula is C37H48O9S. The minimum absolute atomic E-state index is 0.0212. The van der Waals surface area contributed by atoms with Gasteiger partial charge in [-0.25, -0.2) is 4.79 Å². The van der Waals surface area contributed by atoms with Crippen molar-refractivity contribution in [2.45, 2.75) is 110 Å². The van der Waals surface area contributed by atoms with E-state index in [0.29, 0.717) is 24.0 Å². The van der Waals surface area contributed by atoms with Crippen molar-refractivity contribution in [2.24, 2.45) is 34.5 Å². The van der Waals surface area contributed by atoms with E-state index in [9.17, 15) is 14.4 Å². The molecule has 4 fully saturated rings. The molecule has 1 aromatic rings. The van der Waals surface area contributed by atoms with Gasteiger partial charge < -0.3 is 23.1 Å². The van der Waals surface area contributed by atoms with Crippen LogP contribution in [0.3, 0.4) is 0 Å². The van der Waals surface area contributed by atoms with Gasteiger partial charge in [0, 0.05) is 25.4 Å². The molecule has 0 amide bonds. The molecule has 0 spiro atoms. The molecule has 1 unspecified atom stereocenters. The molecule has 0 aromatic heterocycles. The van der Waals surface area contributed by atoms with E-state index in [1.54, 1.807) is 24.3 Å². The molecule has 1 aromatic carbocycles. The van der Waals surface area contributed by atoms with Gasteiger partial charge in [0.2, 0.25) is 0 Å². The van der Waals surface area contributed by atoms with Crippen LogP contribution < -0.4 is 0 Å². The third kappa shape index (κ3) is 4.94. The highest BCUT2D eigenvalue weighted by Gasteiger charge is 2.78. The van der Waals surface area contributed by atoms with Crippen molar-refractivity contribution < 1.29 is 43.7 Å². The maximum absolute atomic E-state index is 15.5. The Balaban J connectivity index is 1.66. The number of hydrogen-bond donors (Lipinski definition) is 0. The quantitative estimate of drug-likeness (QED) is 0.142. The van der Waals surface area contributed by atoms with Gasteiger partial charge in [0.25, 0.3) is 0 Å². The number of rotatable bonds is 7. The summed E-state index contributed by atoms with van der Waals surface area (Å²) in [7, 11) is 0. The third-order valence-electron chi connectivity index (χ3n) is 12.6. The Hall–Kier alpha value is -2.69. The number of hydrogen-bond acceptors (Lipinski definition) is 10. The van der Waals surface area contributed by atoms with Gasteiger partial charge in [-0.15, -0.1) is 0 Å². The molecule has 2 bridgehead atoms. The van der Waals surface area contributed by atoms with Crippen LogP contribution in [0.25, 0.3) is 0 Å². The van der Waals surface area contributed by atoms with Crippen molar-refractivity contribution in [3.8, 4) is 0 Å². The fourth-order valence-corrected chi connectivity index (χ4v) is 9.95. The predicted molar refractivity (Wildman–Crippen MR) is 175 cm³/mol. The van der Waals surface area contributed by atoms with Gasteiger partial charge in [0.1, 0.15) is 17.8 Å². The minimum atomic E-state index is -1.35. The van der Waals surface area contributed by atoms with E-state index in [-0.39, 0.29) is 42.3 Å². The first kappa shape index (κ1) is 32.8. The number of fused-ring (bicyclic) bond motifs is 5. The zero-order valence-corrected chi connectivity index (χ0v) is 29.3. The number of ketones is 1. The molecule has 10 heteroatoms. The lowest BCUT2D eigenvalue weighted by Crippen LogP contribution is -2.81. The van der Waals surface area contributed by atoms with E-state index in [4.69, 9.17) is 24.5 Å². The number of Topliss-reactive ketones (excluding diaryl/α,β-unsaturated/α-hetero) is 1. The van der Waals surface area contributed by atoms with Gasteiger partial charge in [0.15, 0.2) is 17.5 Å². The number of carbonyl (C=O) groups excluding carboxylic acids is 4. The van der Waals surface area contributed by atoms with E-state index in [1.807, 2.05) is 47.6 Å². The fourth-order valence-electron chi connectivity index (χ4n) is 9.37. The molecule has 0 radical (unpaired) electrons. The number of carbonyl (C=O) groups is 4. The topological polar surface area (TPSA) is 114 Å². The third-order valence-corrected chi connectivity index (χ3v) is 13.0. The Morgan fingerprint density at radius 1 is 1.06 bits per heavy atom. The fraction of sp³-hybridized carbons (Fsp3) is 0.676. The van der Waals surface area contributed by atoms with Crippen LogP contribution >= 0.6 is 12.0 Å². The highest BCUT2D eigenvalue weighted by Crippen LogP contribution is 2.67. The van der Waals surface area contributed by atoms with Gasteiger partial charge >= 0.3 is 17.9 Å². The first-order valence-corrected chi connectivity index (χ1v) is 17.7. The summed E-state index contributed by atoms with van der Waals surface area (Å²) in [6, 6.07) is 8.67. The van der Waals surface area contributed by atoms with Crippen LogP contribution in [0, 0.1) is 34.5 Å². The molecule has 6 rings (SSSR count). The van der Waals surface area contributed by atoms with Crippen molar-refractivity contribution in [1.29, 1.82) is 0 Å². The SMILES string of the molecule is [2H]CSO[C@]12C[C@H](C)C(C)=C([C@@H](OC(C)=O)C(=O)[C@@]3(C)C([C@@H]1OC(=O)c1ccccc1)[C@]1(OC(=O)C4CCC4)CO[C@@H]1C[C@@H]3C)C2(C)C. The Bertz CT molecular complexity index is 1510. The average Bonchev–Trinajstić information content (AvgIpc) is 3.00. The summed E-state index contributed by atoms with van der Waals surface area (Å²) in [6.07, 6.45) is 0.101. The van der Waals surface area contributed by atoms with E-state index in [0.717, 1.165) is 36.9 Å². The smallest absolute Gasteiger partial charge is 0.338 e. The Labute approximate surface area is 283 Å². The Morgan fingerprint density at radius 2 is 1.77 bits per heavy atom. The Kier molecular flexibility index (Phi) is 8.40. The van der Waals surface area contributed by atoms with Crippen LogP contribution in [0.2, 0.25) is 0 Å². The summed E-state index contributed by atoms with van der Waals surface area (Å²) in [5.41, 5.74) is -3.21. The average molecular weight is 670 g/mol. The summed E-state index contributed by atoms with van der Waals surface area (Å²) >= 11 is 0.949. The van der Waals surface area contributed by atoms with Crippen LogP contribution in [0.4, 0.5) is 0 Å². The second kappa shape index (κ2) is 12.0. The second-order valence-corrected chi connectivity index (χ2v) is 15.6. The van der Waals surface area contributed by atoms with Crippen LogP contribution in [0.1, 0.15) is 92.3 Å². The molecule has 9 nitrogen and oxygen atoms in total. The summed E-state index contributed by atoms with van der Waals surface area (Å²) in [6.45, 7) is 13.0. The van der Waals surface area contributed by atoms with E-state index in [1.165, 1.54) is 6.92 Å². The number of esters is 3. The molecule has 0 N–H and O–H groups in total. The Morgan fingerprint density at radius 3 is 2.34 bits per heavy atom. The van der Waals surface area contributed by atoms with Crippen molar-refractivity contribution in [3.63, 3.8) is 0 Å². The summed E-state index contributed by atoms with van der Waals surface area (Å²) < 4.78 is 40.6. The van der Waals surface area contributed by atoms with Gasteiger partial charge in [-0.1, -0.05) is 64.8 Å². The van der Waals surface area contributed by atoms with Crippen LogP contribution in [-0.4, -0.2) is 66.0 Å². The maximum Gasteiger partial charge on any atom is 0.338 e. The molecule has 1 saturated heterocycles.